The van der Waals surface area contributed by atoms with Crippen LogP contribution in [0.1, 0.15) is 32.4 Å². The average molecular weight is 398 g/mol. The van der Waals surface area contributed by atoms with E-state index in [-0.39, 0.29) is 0 Å². The number of thiophene rings is 1. The lowest BCUT2D eigenvalue weighted by Crippen LogP contribution is -2.33. The van der Waals surface area contributed by atoms with Crippen molar-refractivity contribution in [3.8, 4) is 5.75 Å². The number of halogens is 1. The number of carboxylic acid groups (broad SMARTS) is 1. The first kappa shape index (κ1) is 17.5. The van der Waals surface area contributed by atoms with Crippen LogP contribution in [0.5, 0.6) is 5.75 Å². The van der Waals surface area contributed by atoms with Gasteiger partial charge in [0.05, 0.1) is 12.0 Å². The molecule has 0 fully saturated rings. The standard InChI is InChI=1S/C16H16BrNO4S/c1-8-4-9(2)6-10(5-8)13(16(20)21)18-15(19)12-7-11(22-3)14(17)23-12/h4-7,13H,1-3H3,(H,18,19)(H,20,21). The number of carbonyl (C=O) groups is 2. The third-order valence-electron chi connectivity index (χ3n) is 3.20. The van der Waals surface area contributed by atoms with E-state index in [0.717, 1.165) is 11.1 Å². The molecular formula is C16H16BrNO4S. The van der Waals surface area contributed by atoms with Gasteiger partial charge in [-0.3, -0.25) is 4.79 Å². The highest BCUT2D eigenvalue weighted by Gasteiger charge is 2.24. The predicted octanol–water partition coefficient (Wildman–Crippen LogP) is 3.69. The molecule has 1 aromatic heterocycles. The molecule has 122 valence electrons. The van der Waals surface area contributed by atoms with E-state index in [1.165, 1.54) is 18.4 Å². The van der Waals surface area contributed by atoms with Crippen molar-refractivity contribution in [1.82, 2.24) is 5.32 Å². The van der Waals surface area contributed by atoms with Crippen LogP contribution in [0.25, 0.3) is 0 Å². The van der Waals surface area contributed by atoms with E-state index in [1.807, 2.05) is 19.9 Å². The highest BCUT2D eigenvalue weighted by atomic mass is 79.9. The van der Waals surface area contributed by atoms with Crippen LogP contribution < -0.4 is 10.1 Å². The van der Waals surface area contributed by atoms with Crippen molar-refractivity contribution in [2.24, 2.45) is 0 Å². The Morgan fingerprint density at radius 2 is 1.83 bits per heavy atom. The number of carbonyl (C=O) groups excluding carboxylic acids is 1. The summed E-state index contributed by atoms with van der Waals surface area (Å²) in [7, 11) is 1.50. The van der Waals surface area contributed by atoms with Crippen molar-refractivity contribution >= 4 is 39.1 Å². The van der Waals surface area contributed by atoms with Gasteiger partial charge in [0.15, 0.2) is 6.04 Å². The molecule has 0 radical (unpaired) electrons. The van der Waals surface area contributed by atoms with Crippen molar-refractivity contribution < 1.29 is 19.4 Å². The molecule has 1 atom stereocenters. The Bertz CT molecular complexity index is 736. The Morgan fingerprint density at radius 3 is 2.30 bits per heavy atom. The lowest BCUT2D eigenvalue weighted by atomic mass is 10.0. The van der Waals surface area contributed by atoms with E-state index in [4.69, 9.17) is 4.74 Å². The van der Waals surface area contributed by atoms with Crippen LogP contribution >= 0.6 is 27.3 Å². The zero-order valence-corrected chi connectivity index (χ0v) is 15.2. The SMILES string of the molecule is COc1cc(C(=O)NC(C(=O)O)c2cc(C)cc(C)c2)sc1Br. The van der Waals surface area contributed by atoms with Crippen LogP contribution in [0.4, 0.5) is 0 Å². The molecule has 2 N–H and O–H groups in total. The number of benzene rings is 1. The number of aliphatic carboxylic acids is 1. The molecule has 7 heteroatoms. The zero-order chi connectivity index (χ0) is 17.1. The second-order valence-electron chi connectivity index (χ2n) is 5.12. The van der Waals surface area contributed by atoms with Gasteiger partial charge in [-0.2, -0.15) is 0 Å². The summed E-state index contributed by atoms with van der Waals surface area (Å²) in [6, 6.07) is 5.94. The van der Waals surface area contributed by atoms with E-state index < -0.39 is 17.9 Å². The van der Waals surface area contributed by atoms with Crippen LogP contribution in [0, 0.1) is 13.8 Å². The smallest absolute Gasteiger partial charge is 0.330 e. The van der Waals surface area contributed by atoms with E-state index in [1.54, 1.807) is 18.2 Å². The monoisotopic (exact) mass is 397 g/mol. The molecule has 0 spiro atoms. The van der Waals surface area contributed by atoms with E-state index in [0.29, 0.717) is 20.0 Å². The fourth-order valence-corrected chi connectivity index (χ4v) is 3.82. The Balaban J connectivity index is 2.28. The Kier molecular flexibility index (Phi) is 5.43. The summed E-state index contributed by atoms with van der Waals surface area (Å²) in [4.78, 5) is 24.3. The van der Waals surface area contributed by atoms with Crippen LogP contribution in [0.2, 0.25) is 0 Å². The maximum atomic E-state index is 12.3. The summed E-state index contributed by atoms with van der Waals surface area (Å²) in [6.07, 6.45) is 0. The van der Waals surface area contributed by atoms with Crippen LogP contribution in [-0.4, -0.2) is 24.1 Å². The highest BCUT2D eigenvalue weighted by Crippen LogP contribution is 2.34. The molecule has 0 aliphatic carbocycles. The number of hydrogen-bond donors (Lipinski definition) is 2. The Hall–Kier alpha value is -1.86. The normalized spacial score (nSPS) is 11.8. The van der Waals surface area contributed by atoms with Crippen LogP contribution in [0.15, 0.2) is 28.1 Å². The van der Waals surface area contributed by atoms with Gasteiger partial charge in [0.1, 0.15) is 9.54 Å². The number of methoxy groups -OCH3 is 1. The number of aryl methyl sites for hydroxylation is 2. The highest BCUT2D eigenvalue weighted by molar-refractivity contribution is 9.11. The minimum absolute atomic E-state index is 0.379. The fraction of sp³-hybridized carbons (Fsp3) is 0.250. The number of rotatable bonds is 5. The van der Waals surface area contributed by atoms with Gasteiger partial charge >= 0.3 is 5.97 Å². The van der Waals surface area contributed by atoms with Gasteiger partial charge in [-0.25, -0.2) is 4.79 Å². The predicted molar refractivity (Wildman–Crippen MR) is 92.3 cm³/mol. The quantitative estimate of drug-likeness (QED) is 0.806. The first-order chi connectivity index (χ1) is 10.8. The number of amides is 1. The molecule has 2 aromatic rings. The first-order valence-electron chi connectivity index (χ1n) is 6.77. The molecule has 1 amide bonds. The van der Waals surface area contributed by atoms with Crippen LogP contribution in [-0.2, 0) is 4.79 Å². The number of hydrogen-bond acceptors (Lipinski definition) is 4. The molecule has 2 rings (SSSR count). The number of carboxylic acids is 1. The van der Waals surface area contributed by atoms with Crippen molar-refractivity contribution in [3.05, 3.63) is 49.6 Å². The third kappa shape index (κ3) is 4.11. The summed E-state index contributed by atoms with van der Waals surface area (Å²) in [6.45, 7) is 3.77. The van der Waals surface area contributed by atoms with Gasteiger partial charge in [-0.1, -0.05) is 29.3 Å². The zero-order valence-electron chi connectivity index (χ0n) is 12.8. The average Bonchev–Trinajstić information content (AvgIpc) is 2.84. The van der Waals surface area contributed by atoms with E-state index in [9.17, 15) is 14.7 Å². The molecule has 0 bridgehead atoms. The van der Waals surface area contributed by atoms with E-state index in [2.05, 4.69) is 21.2 Å². The molecule has 0 saturated heterocycles. The summed E-state index contributed by atoms with van der Waals surface area (Å²) in [5, 5.41) is 12.0. The van der Waals surface area contributed by atoms with Crippen molar-refractivity contribution in [3.63, 3.8) is 0 Å². The second-order valence-corrected chi connectivity index (χ2v) is 7.49. The molecule has 0 aliphatic heterocycles. The van der Waals surface area contributed by atoms with Gasteiger partial charge in [0.2, 0.25) is 0 Å². The van der Waals surface area contributed by atoms with Crippen molar-refractivity contribution in [2.45, 2.75) is 19.9 Å². The number of ether oxygens (including phenoxy) is 1. The van der Waals surface area contributed by atoms with Crippen molar-refractivity contribution in [2.75, 3.05) is 7.11 Å². The van der Waals surface area contributed by atoms with Crippen molar-refractivity contribution in [1.29, 1.82) is 0 Å². The molecule has 0 saturated carbocycles. The third-order valence-corrected chi connectivity index (χ3v) is 4.98. The summed E-state index contributed by atoms with van der Waals surface area (Å²) < 4.78 is 5.80. The van der Waals surface area contributed by atoms with Gasteiger partial charge < -0.3 is 15.2 Å². The minimum atomic E-state index is -1.11. The number of nitrogens with one attached hydrogen (secondary N) is 1. The maximum Gasteiger partial charge on any atom is 0.330 e. The van der Waals surface area contributed by atoms with Gasteiger partial charge in [0.25, 0.3) is 5.91 Å². The summed E-state index contributed by atoms with van der Waals surface area (Å²) in [5.41, 5.74) is 2.44. The Labute approximate surface area is 146 Å². The summed E-state index contributed by atoms with van der Waals surface area (Å²) >= 11 is 4.49. The first-order valence-corrected chi connectivity index (χ1v) is 8.38. The molecule has 5 nitrogen and oxygen atoms in total. The maximum absolute atomic E-state index is 12.3. The summed E-state index contributed by atoms with van der Waals surface area (Å²) in [5.74, 6) is -1.02. The van der Waals surface area contributed by atoms with Gasteiger partial charge in [-0.15, -0.1) is 11.3 Å². The molecule has 1 unspecified atom stereocenters. The minimum Gasteiger partial charge on any atom is -0.495 e. The molecule has 1 aromatic carbocycles. The topological polar surface area (TPSA) is 75.6 Å². The Morgan fingerprint density at radius 1 is 1.22 bits per heavy atom. The van der Waals surface area contributed by atoms with Crippen LogP contribution in [0.3, 0.4) is 0 Å². The van der Waals surface area contributed by atoms with Gasteiger partial charge in [0, 0.05) is 6.07 Å². The second kappa shape index (κ2) is 7.14. The molecule has 23 heavy (non-hydrogen) atoms. The largest absolute Gasteiger partial charge is 0.495 e. The van der Waals surface area contributed by atoms with E-state index >= 15 is 0 Å². The lowest BCUT2D eigenvalue weighted by Gasteiger charge is -2.15. The van der Waals surface area contributed by atoms with Gasteiger partial charge in [-0.05, 0) is 35.3 Å². The molecular weight excluding hydrogens is 382 g/mol. The molecule has 1 heterocycles. The fourth-order valence-electron chi connectivity index (χ4n) is 2.27. The molecule has 0 aliphatic rings. The lowest BCUT2D eigenvalue weighted by molar-refractivity contribution is -0.139.